The smallest absolute Gasteiger partial charge is 0.0714 e. The van der Waals surface area contributed by atoms with Crippen LogP contribution in [0, 0.1) is 6.92 Å². The van der Waals surface area contributed by atoms with E-state index in [9.17, 15) is 0 Å². The van der Waals surface area contributed by atoms with Gasteiger partial charge >= 0.3 is 0 Å². The van der Waals surface area contributed by atoms with Crippen molar-refractivity contribution in [2.75, 3.05) is 4.90 Å². The van der Waals surface area contributed by atoms with Gasteiger partial charge in [0.2, 0.25) is 0 Å². The van der Waals surface area contributed by atoms with Crippen molar-refractivity contribution in [2.45, 2.75) is 52.4 Å². The predicted octanol–water partition coefficient (Wildman–Crippen LogP) is 17.4. The molecule has 0 bridgehead atoms. The molecule has 1 heterocycles. The van der Waals surface area contributed by atoms with Gasteiger partial charge in [-0.3, -0.25) is 0 Å². The lowest BCUT2D eigenvalue weighted by Crippen LogP contribution is -2.29. The number of anilines is 3. The molecule has 2 aliphatic rings. The molecule has 0 fully saturated rings. The number of fused-ring (bicyclic) bond motifs is 11. The average Bonchev–Trinajstić information content (AvgIpc) is 3.82. The molecule has 0 amide bonds. The standard InChI is InChI=1S/C65H54N2/c1-8-42(5)45-24-29-48(30-25-45)65(47-27-22-44(23-28-47)40(2)3)59-35-41(4)21-33-56(59)64-55-19-12-11-17-53(55)63(39-60(64)65)67(50-32-34-62-58(38-50)54-18-13-14-20-61(54)66(62)7)49-31-26-46-36-43(6)51-15-9-10-16-52(51)57(46)37-49/h8-35,37-39,43H,2,36H2,1,3-7H3/b42-8+. The van der Waals surface area contributed by atoms with Crippen LogP contribution in [0.15, 0.2) is 195 Å². The van der Waals surface area contributed by atoms with Crippen molar-refractivity contribution in [1.29, 1.82) is 0 Å². The Kier molecular flexibility index (Phi) is 9.42. The first-order chi connectivity index (χ1) is 32.6. The third-order valence-corrected chi connectivity index (χ3v) is 15.3. The van der Waals surface area contributed by atoms with Crippen LogP contribution >= 0.6 is 0 Å². The number of aromatic nitrogens is 1. The lowest BCUT2D eigenvalue weighted by molar-refractivity contribution is 0.749. The van der Waals surface area contributed by atoms with Crippen molar-refractivity contribution in [3.8, 4) is 22.3 Å². The highest BCUT2D eigenvalue weighted by Gasteiger charge is 2.47. The van der Waals surface area contributed by atoms with Gasteiger partial charge in [0.15, 0.2) is 0 Å². The summed E-state index contributed by atoms with van der Waals surface area (Å²) >= 11 is 0. The molecule has 12 rings (SSSR count). The van der Waals surface area contributed by atoms with E-state index >= 15 is 0 Å². The highest BCUT2D eigenvalue weighted by Crippen LogP contribution is 2.60. The summed E-state index contributed by atoms with van der Waals surface area (Å²) in [7, 11) is 2.19. The van der Waals surface area contributed by atoms with E-state index in [2.05, 4.69) is 246 Å². The van der Waals surface area contributed by atoms with Crippen LogP contribution in [0.5, 0.6) is 0 Å². The number of hydrogen-bond donors (Lipinski definition) is 0. The number of aryl methyl sites for hydroxylation is 2. The van der Waals surface area contributed by atoms with Crippen LogP contribution in [0.3, 0.4) is 0 Å². The number of nitrogens with zero attached hydrogens (tertiary/aromatic N) is 2. The van der Waals surface area contributed by atoms with E-state index in [-0.39, 0.29) is 0 Å². The predicted molar refractivity (Wildman–Crippen MR) is 286 cm³/mol. The second-order valence-corrected chi connectivity index (χ2v) is 19.2. The lowest BCUT2D eigenvalue weighted by Gasteiger charge is -2.36. The van der Waals surface area contributed by atoms with Crippen molar-refractivity contribution in [3.63, 3.8) is 0 Å². The Labute approximate surface area is 394 Å². The van der Waals surface area contributed by atoms with Crippen molar-refractivity contribution in [1.82, 2.24) is 4.57 Å². The second-order valence-electron chi connectivity index (χ2n) is 19.2. The third kappa shape index (κ3) is 6.09. The summed E-state index contributed by atoms with van der Waals surface area (Å²) in [5.41, 5.74) is 24.3. The quantitative estimate of drug-likeness (QED) is 0.155. The van der Waals surface area contributed by atoms with Crippen LogP contribution in [0.25, 0.3) is 66.0 Å². The Balaban J connectivity index is 1.21. The molecule has 1 aromatic heterocycles. The van der Waals surface area contributed by atoms with E-state index in [0.717, 1.165) is 34.6 Å². The monoisotopic (exact) mass is 862 g/mol. The zero-order chi connectivity index (χ0) is 45.7. The third-order valence-electron chi connectivity index (χ3n) is 15.3. The van der Waals surface area contributed by atoms with Crippen LogP contribution in [-0.2, 0) is 18.9 Å². The first-order valence-electron chi connectivity index (χ1n) is 23.8. The fourth-order valence-corrected chi connectivity index (χ4v) is 11.9. The van der Waals surface area contributed by atoms with Crippen molar-refractivity contribution in [2.24, 2.45) is 7.05 Å². The average molecular weight is 863 g/mol. The molecule has 2 atom stereocenters. The maximum atomic E-state index is 4.34. The summed E-state index contributed by atoms with van der Waals surface area (Å²) in [6, 6.07) is 69.7. The minimum atomic E-state index is -0.637. The Morgan fingerprint density at radius 2 is 1.24 bits per heavy atom. The molecule has 0 saturated carbocycles. The van der Waals surface area contributed by atoms with E-state index in [1.807, 2.05) is 0 Å². The van der Waals surface area contributed by atoms with Crippen LogP contribution < -0.4 is 4.90 Å². The molecule has 0 saturated heterocycles. The van der Waals surface area contributed by atoms with Gasteiger partial charge in [0.1, 0.15) is 0 Å². The van der Waals surface area contributed by atoms with Crippen molar-refractivity contribution >= 4 is 60.8 Å². The Hall–Kier alpha value is -7.68. The van der Waals surface area contributed by atoms with Gasteiger partial charge in [0.05, 0.1) is 11.1 Å². The molecule has 0 N–H and O–H groups in total. The Morgan fingerprint density at radius 3 is 1.99 bits per heavy atom. The molecule has 0 spiro atoms. The molecular weight excluding hydrogens is 809 g/mol. The number of benzene rings is 9. The first kappa shape index (κ1) is 40.8. The number of para-hydroxylation sites is 1. The van der Waals surface area contributed by atoms with Gasteiger partial charge in [0.25, 0.3) is 0 Å². The first-order valence-corrected chi connectivity index (χ1v) is 23.8. The Morgan fingerprint density at radius 1 is 0.597 bits per heavy atom. The van der Waals surface area contributed by atoms with Gasteiger partial charge in [-0.15, -0.1) is 0 Å². The van der Waals surface area contributed by atoms with Crippen LogP contribution in [0.2, 0.25) is 0 Å². The van der Waals surface area contributed by atoms with Crippen LogP contribution in [0.1, 0.15) is 83.7 Å². The maximum Gasteiger partial charge on any atom is 0.0714 e. The fourth-order valence-electron chi connectivity index (χ4n) is 11.9. The minimum Gasteiger partial charge on any atom is -0.344 e. The van der Waals surface area contributed by atoms with E-state index in [4.69, 9.17) is 0 Å². The normalized spacial score (nSPS) is 16.2. The summed E-state index contributed by atoms with van der Waals surface area (Å²) < 4.78 is 2.33. The topological polar surface area (TPSA) is 8.17 Å². The summed E-state index contributed by atoms with van der Waals surface area (Å²) in [5.74, 6) is 0.457. The second kappa shape index (κ2) is 15.5. The number of rotatable bonds is 7. The molecular formula is C65H54N2. The van der Waals surface area contributed by atoms with Crippen LogP contribution in [0.4, 0.5) is 17.1 Å². The molecule has 2 heteroatoms. The van der Waals surface area contributed by atoms with Gasteiger partial charge < -0.3 is 9.47 Å². The lowest BCUT2D eigenvalue weighted by atomic mass is 9.67. The van der Waals surface area contributed by atoms with Gasteiger partial charge in [0, 0.05) is 45.6 Å². The van der Waals surface area contributed by atoms with Crippen molar-refractivity contribution < 1.29 is 0 Å². The molecule has 324 valence electrons. The molecule has 10 aromatic rings. The van der Waals surface area contributed by atoms with E-state index < -0.39 is 5.41 Å². The van der Waals surface area contributed by atoms with Gasteiger partial charge in [-0.1, -0.05) is 170 Å². The SMILES string of the molecule is C=C(C)c1ccc(C2(c3ccc(/C(C)=C/C)cc3)c3cc(C)ccc3-c3c2cc(N(c2ccc4c(c2)-c2ccccc2C(C)C4)c2ccc4c(c2)c2ccccc2n4C)c2ccccc32)cc1. The largest absolute Gasteiger partial charge is 0.344 e. The fraction of sp³-hybridized carbons (Fsp3) is 0.138. The van der Waals surface area contributed by atoms with Gasteiger partial charge in [-0.25, -0.2) is 0 Å². The Bertz CT molecular complexity index is 3690. The van der Waals surface area contributed by atoms with Gasteiger partial charge in [-0.05, 0) is 160 Å². The van der Waals surface area contributed by atoms with E-state index in [0.29, 0.717) is 5.92 Å². The molecule has 9 aromatic carbocycles. The zero-order valence-corrected chi connectivity index (χ0v) is 39.3. The zero-order valence-electron chi connectivity index (χ0n) is 39.3. The molecule has 67 heavy (non-hydrogen) atoms. The molecule has 2 nitrogen and oxygen atoms in total. The number of allylic oxidation sites excluding steroid dienone is 3. The summed E-state index contributed by atoms with van der Waals surface area (Å²) in [4.78, 5) is 2.56. The summed E-state index contributed by atoms with van der Waals surface area (Å²) in [6.45, 7) is 15.4. The van der Waals surface area contributed by atoms with Crippen LogP contribution in [-0.4, -0.2) is 4.57 Å². The van der Waals surface area contributed by atoms with E-state index in [1.165, 1.54) is 105 Å². The highest BCUT2D eigenvalue weighted by atomic mass is 15.1. The number of hydrogen-bond acceptors (Lipinski definition) is 1. The molecule has 0 radical (unpaired) electrons. The van der Waals surface area contributed by atoms with E-state index in [1.54, 1.807) is 0 Å². The van der Waals surface area contributed by atoms with Gasteiger partial charge in [-0.2, -0.15) is 0 Å². The molecule has 0 aliphatic heterocycles. The minimum absolute atomic E-state index is 0.457. The van der Waals surface area contributed by atoms with Crippen molar-refractivity contribution in [3.05, 3.63) is 245 Å². The maximum absolute atomic E-state index is 4.34. The molecule has 2 unspecified atom stereocenters. The summed E-state index contributed by atoms with van der Waals surface area (Å²) in [6.07, 6.45) is 3.22. The summed E-state index contributed by atoms with van der Waals surface area (Å²) in [5, 5.41) is 4.96. The highest BCUT2D eigenvalue weighted by molar-refractivity contribution is 6.13. The molecule has 2 aliphatic carbocycles.